The number of aromatic nitrogens is 2. The van der Waals surface area contributed by atoms with E-state index in [1.807, 2.05) is 0 Å². The number of benzene rings is 16. The molecule has 0 atom stereocenters. The minimum atomic E-state index is -0.365. The zero-order chi connectivity index (χ0) is 76.6. The van der Waals surface area contributed by atoms with Gasteiger partial charge in [-0.2, -0.15) is 0 Å². The van der Waals surface area contributed by atoms with Crippen LogP contribution in [0.25, 0.3) is 133 Å². The van der Waals surface area contributed by atoms with Crippen molar-refractivity contribution in [2.45, 2.75) is 78.6 Å². The van der Waals surface area contributed by atoms with Crippen molar-refractivity contribution in [2.24, 2.45) is 0 Å². The first-order valence-electron chi connectivity index (χ1n) is 39.9. The number of hydrogen-bond acceptors (Lipinski definition) is 2. The van der Waals surface area contributed by atoms with E-state index in [2.05, 4.69) is 445 Å². The number of para-hydroxylation sites is 3. The molecule has 0 saturated heterocycles. The number of rotatable bonds is 11. The first kappa shape index (κ1) is 69.0. The molecule has 113 heavy (non-hydrogen) atoms. The van der Waals surface area contributed by atoms with Crippen LogP contribution >= 0.6 is 0 Å². The van der Waals surface area contributed by atoms with Gasteiger partial charge in [0.15, 0.2) is 0 Å². The fraction of sp³-hybridized carbons (Fsp3) is 0.111. The Morgan fingerprint density at radius 3 is 1.05 bits per heavy atom. The fourth-order valence-electron chi connectivity index (χ4n) is 18.2. The molecule has 0 amide bonds. The molecule has 20 rings (SSSR count). The van der Waals surface area contributed by atoms with Crippen molar-refractivity contribution in [3.05, 3.63) is 381 Å². The van der Waals surface area contributed by atoms with Crippen molar-refractivity contribution in [1.29, 1.82) is 0 Å². The molecule has 4 heterocycles. The first-order valence-corrected chi connectivity index (χ1v) is 39.9. The second kappa shape index (κ2) is 26.8. The van der Waals surface area contributed by atoms with Crippen LogP contribution in [-0.4, -0.2) is 15.8 Å². The quantitative estimate of drug-likeness (QED) is 0.120. The van der Waals surface area contributed by atoms with Crippen LogP contribution in [-0.2, 0) is 16.2 Å². The summed E-state index contributed by atoms with van der Waals surface area (Å²) in [6.45, 7) is 21.1. The van der Waals surface area contributed by atoms with Gasteiger partial charge in [0.05, 0.1) is 33.4 Å². The van der Waals surface area contributed by atoms with E-state index in [0.29, 0.717) is 0 Å². The van der Waals surface area contributed by atoms with Crippen LogP contribution in [0, 0.1) is 0 Å². The predicted octanol–water partition coefficient (Wildman–Crippen LogP) is 27.5. The molecule has 2 aliphatic heterocycles. The molecule has 0 spiro atoms. The maximum Gasteiger partial charge on any atom is 0.252 e. The summed E-state index contributed by atoms with van der Waals surface area (Å²) in [5, 5.41) is 4.83. The summed E-state index contributed by atoms with van der Waals surface area (Å²) in [6, 6.07) is 138. The molecule has 5 heteroatoms. The highest BCUT2D eigenvalue weighted by atomic mass is 15.2. The molecule has 4 nitrogen and oxygen atoms in total. The molecule has 0 fully saturated rings. The first-order chi connectivity index (χ1) is 55.0. The molecule has 16 aromatic carbocycles. The molecule has 0 bridgehead atoms. The smallest absolute Gasteiger partial charge is 0.252 e. The number of anilines is 6. The van der Waals surface area contributed by atoms with E-state index in [9.17, 15) is 0 Å². The van der Waals surface area contributed by atoms with E-state index in [4.69, 9.17) is 0 Å². The lowest BCUT2D eigenvalue weighted by atomic mass is 9.33. The molecule has 0 aliphatic carbocycles. The van der Waals surface area contributed by atoms with E-state index in [1.165, 1.54) is 76.8 Å². The highest BCUT2D eigenvalue weighted by molar-refractivity contribution is 7.00. The van der Waals surface area contributed by atoms with Gasteiger partial charge < -0.3 is 18.9 Å². The molecular formula is C108H87BN4. The Kier molecular flexibility index (Phi) is 16.4. The average molecular weight is 1450 g/mol. The number of nitrogens with zero attached hydrogens (tertiary/aromatic N) is 4. The maximum absolute atomic E-state index is 2.74. The van der Waals surface area contributed by atoms with Crippen molar-refractivity contribution in [1.82, 2.24) is 9.13 Å². The SMILES string of the molecule is CC(C)(C)c1cc(-c2ccc3c(c2)N(c2c(-c4ccccc4)cc(-c4ccccc4)cc2-c2ccccc2)c2cc(C(C)(C)C)cc4c2B3c2ccc(-n3c5ccccc5c5ccc6c(c7ccccc7n6-c6ccccc6)c53)cc2N4c2c(-c3ccccc3)cc(-c3ccccc3)cc2-c2ccccc2)cc(C(C)(C)C)c1. The molecule has 0 radical (unpaired) electrons. The van der Waals surface area contributed by atoms with Gasteiger partial charge in [-0.05, 0) is 190 Å². The second-order valence-electron chi connectivity index (χ2n) is 34.0. The lowest BCUT2D eigenvalue weighted by Crippen LogP contribution is -2.61. The van der Waals surface area contributed by atoms with Gasteiger partial charge in [0, 0.05) is 77.9 Å². The monoisotopic (exact) mass is 1450 g/mol. The summed E-state index contributed by atoms with van der Waals surface area (Å²) in [6.07, 6.45) is 0. The Bertz CT molecular complexity index is 6610. The summed E-state index contributed by atoms with van der Waals surface area (Å²) in [4.78, 5) is 5.48. The third kappa shape index (κ3) is 11.7. The van der Waals surface area contributed by atoms with E-state index < -0.39 is 0 Å². The van der Waals surface area contributed by atoms with Crippen LogP contribution < -0.4 is 26.2 Å². The lowest BCUT2D eigenvalue weighted by Gasteiger charge is -2.46. The molecule has 542 valence electrons. The molecule has 2 aliphatic rings. The fourth-order valence-corrected chi connectivity index (χ4v) is 18.2. The summed E-state index contributed by atoms with van der Waals surface area (Å²) >= 11 is 0. The Hall–Kier alpha value is -13.2. The van der Waals surface area contributed by atoms with E-state index in [-0.39, 0.29) is 23.0 Å². The van der Waals surface area contributed by atoms with Gasteiger partial charge in [0.2, 0.25) is 0 Å². The van der Waals surface area contributed by atoms with Crippen molar-refractivity contribution in [2.75, 3.05) is 9.80 Å². The standard InChI is InChI=1S/C108H87BN4/c1-106(2,3)80-59-77(60-81(66-80)107(4,5)6)76-53-56-92-97(65-76)112(103-88(72-39-21-12-22-40-72)61-78(70-35-17-10-18-36-70)62-89(103)73-41-23-13-24-42-73)99-67-82(108(7,8)9)68-100-102(99)109(92)93-57-54-84(111-94-51-33-31-49-85(94)86-55-58-96-101(105(86)111)87-50-32-34-52-95(87)110(96)83-47-29-16-30-48-83)69-98(93)113(100)104-90(74-43-25-14-26-44-74)63-79(71-37-19-11-20-38-71)64-91(104)75-45-27-15-28-46-75/h10-69H,1-9H3. The van der Waals surface area contributed by atoms with Crippen LogP contribution in [0.2, 0.25) is 0 Å². The lowest BCUT2D eigenvalue weighted by molar-refractivity contribution is 0.569. The minimum Gasteiger partial charge on any atom is -0.310 e. The van der Waals surface area contributed by atoms with Gasteiger partial charge in [-0.1, -0.05) is 341 Å². The number of fused-ring (bicyclic) bond motifs is 11. The van der Waals surface area contributed by atoms with Crippen molar-refractivity contribution < 1.29 is 0 Å². The molecule has 18 aromatic rings. The van der Waals surface area contributed by atoms with E-state index in [1.54, 1.807) is 0 Å². The topological polar surface area (TPSA) is 16.3 Å². The number of hydrogen-bond donors (Lipinski definition) is 0. The van der Waals surface area contributed by atoms with Crippen molar-refractivity contribution in [3.8, 4) is 89.3 Å². The van der Waals surface area contributed by atoms with Crippen molar-refractivity contribution in [3.63, 3.8) is 0 Å². The Morgan fingerprint density at radius 1 is 0.230 bits per heavy atom. The highest BCUT2D eigenvalue weighted by Crippen LogP contribution is 2.56. The summed E-state index contributed by atoms with van der Waals surface area (Å²) < 4.78 is 5.06. The average Bonchev–Trinajstić information content (AvgIpc) is 1.63. The van der Waals surface area contributed by atoms with Crippen LogP contribution in [0.5, 0.6) is 0 Å². The zero-order valence-electron chi connectivity index (χ0n) is 65.5. The van der Waals surface area contributed by atoms with E-state index >= 15 is 0 Å². The Balaban J connectivity index is 0.970. The minimum absolute atomic E-state index is 0.115. The van der Waals surface area contributed by atoms with E-state index in [0.717, 1.165) is 123 Å². The molecule has 0 unspecified atom stereocenters. The van der Waals surface area contributed by atoms with Crippen molar-refractivity contribution >= 4 is 101 Å². The van der Waals surface area contributed by atoms with Crippen LogP contribution in [0.4, 0.5) is 34.1 Å². The maximum atomic E-state index is 2.74. The Morgan fingerprint density at radius 2 is 0.602 bits per heavy atom. The van der Waals surface area contributed by atoms with Gasteiger partial charge in [-0.25, -0.2) is 0 Å². The van der Waals surface area contributed by atoms with Crippen LogP contribution in [0.3, 0.4) is 0 Å². The predicted molar refractivity (Wildman–Crippen MR) is 483 cm³/mol. The van der Waals surface area contributed by atoms with Gasteiger partial charge >= 0.3 is 0 Å². The highest BCUT2D eigenvalue weighted by Gasteiger charge is 2.47. The summed E-state index contributed by atoms with van der Waals surface area (Å²) in [5.41, 5.74) is 36.6. The molecular weight excluding hydrogens is 1360 g/mol. The normalized spacial score (nSPS) is 12.8. The molecule has 0 N–H and O–H groups in total. The molecule has 2 aromatic heterocycles. The molecule has 0 saturated carbocycles. The third-order valence-electron chi connectivity index (χ3n) is 23.9. The van der Waals surface area contributed by atoms with Gasteiger partial charge in [-0.15, -0.1) is 0 Å². The summed E-state index contributed by atoms with van der Waals surface area (Å²) in [5.74, 6) is 0. The Labute approximate surface area is 663 Å². The zero-order valence-corrected chi connectivity index (χ0v) is 65.5. The summed E-state index contributed by atoms with van der Waals surface area (Å²) in [7, 11) is 0. The largest absolute Gasteiger partial charge is 0.310 e. The van der Waals surface area contributed by atoms with Gasteiger partial charge in [0.1, 0.15) is 0 Å². The third-order valence-corrected chi connectivity index (χ3v) is 23.9. The van der Waals surface area contributed by atoms with Gasteiger partial charge in [0.25, 0.3) is 6.71 Å². The van der Waals surface area contributed by atoms with Gasteiger partial charge in [-0.3, -0.25) is 0 Å². The second-order valence-corrected chi connectivity index (χ2v) is 34.0. The van der Waals surface area contributed by atoms with Crippen LogP contribution in [0.15, 0.2) is 364 Å². The van der Waals surface area contributed by atoms with Crippen LogP contribution in [0.1, 0.15) is 79.0 Å².